The van der Waals surface area contributed by atoms with Crippen LogP contribution in [0.15, 0.2) is 18.5 Å². The Kier molecular flexibility index (Phi) is 6.09. The average Bonchev–Trinajstić information content (AvgIpc) is 3.46. The Morgan fingerprint density at radius 1 is 0.528 bits per heavy atom. The molecule has 8 atom stereocenters. The van der Waals surface area contributed by atoms with Crippen LogP contribution < -0.4 is 0 Å². The van der Waals surface area contributed by atoms with Gasteiger partial charge in [-0.05, 0) is 81.1 Å². The second-order valence-electron chi connectivity index (χ2n) is 12.9. The molecule has 2 saturated heterocycles. The van der Waals surface area contributed by atoms with Gasteiger partial charge in [0.25, 0.3) is 11.8 Å². The molecule has 5 nitrogen and oxygen atoms in total. The Bertz CT molecular complexity index is 890. The summed E-state index contributed by atoms with van der Waals surface area (Å²) in [6.45, 7) is 0. The molecule has 6 aliphatic rings. The second-order valence-corrected chi connectivity index (χ2v) is 12.9. The van der Waals surface area contributed by atoms with Crippen LogP contribution in [0.2, 0.25) is 0 Å². The standard InChI is InChI=1S/C31H43N3O2/c35-30(33-26-13-5-1-9-22(26)23-10-2-6-14-27(23)33)20-17-21(19-32-18-20)31(36)34-28-15-7-3-11-24(28)25-12-4-8-16-29(25)34/h17-19,22-29H,1-16H2. The molecule has 0 radical (unpaired) electrons. The average molecular weight is 490 g/mol. The predicted molar refractivity (Wildman–Crippen MR) is 140 cm³/mol. The molecule has 0 N–H and O–H groups in total. The molecule has 2 aliphatic heterocycles. The second kappa shape index (κ2) is 9.44. The lowest BCUT2D eigenvalue weighted by atomic mass is 9.73. The molecule has 2 amide bonds. The van der Waals surface area contributed by atoms with Gasteiger partial charge in [-0.2, -0.15) is 0 Å². The van der Waals surface area contributed by atoms with E-state index in [0.29, 0.717) is 59.0 Å². The third-order valence-corrected chi connectivity index (χ3v) is 11.4. The van der Waals surface area contributed by atoms with Gasteiger partial charge in [-0.3, -0.25) is 14.6 Å². The molecule has 5 heteroatoms. The van der Waals surface area contributed by atoms with Crippen molar-refractivity contribution in [3.8, 4) is 0 Å². The molecule has 194 valence electrons. The molecule has 8 unspecified atom stereocenters. The summed E-state index contributed by atoms with van der Waals surface area (Å²) in [5.41, 5.74) is 1.27. The topological polar surface area (TPSA) is 53.5 Å². The number of pyridine rings is 1. The number of fused-ring (bicyclic) bond motifs is 6. The van der Waals surface area contributed by atoms with Gasteiger partial charge in [-0.1, -0.05) is 51.4 Å². The van der Waals surface area contributed by atoms with Gasteiger partial charge in [-0.25, -0.2) is 0 Å². The molecule has 0 spiro atoms. The van der Waals surface area contributed by atoms with Gasteiger partial charge in [0.2, 0.25) is 0 Å². The smallest absolute Gasteiger partial charge is 0.255 e. The summed E-state index contributed by atoms with van der Waals surface area (Å²) in [4.78, 5) is 37.2. The molecule has 1 aromatic heterocycles. The SMILES string of the molecule is O=C(c1cncc(C(=O)N2C3CCCCC3C3CCCCC32)c1)N1C2CCCCC2C2CCCCC21. The first-order valence-corrected chi connectivity index (χ1v) is 15.3. The third kappa shape index (κ3) is 3.66. The summed E-state index contributed by atoms with van der Waals surface area (Å²) < 4.78 is 0. The van der Waals surface area contributed by atoms with Gasteiger partial charge in [0.15, 0.2) is 0 Å². The van der Waals surface area contributed by atoms with Crippen LogP contribution >= 0.6 is 0 Å². The van der Waals surface area contributed by atoms with E-state index in [1.54, 1.807) is 12.4 Å². The molecule has 3 heterocycles. The van der Waals surface area contributed by atoms with Crippen LogP contribution in [0, 0.1) is 23.7 Å². The maximum atomic E-state index is 14.1. The zero-order chi connectivity index (χ0) is 24.2. The monoisotopic (exact) mass is 489 g/mol. The molecule has 0 bridgehead atoms. The van der Waals surface area contributed by atoms with E-state index < -0.39 is 0 Å². The molecular weight excluding hydrogens is 446 g/mol. The number of aromatic nitrogens is 1. The highest BCUT2D eigenvalue weighted by atomic mass is 16.2. The quantitative estimate of drug-likeness (QED) is 0.495. The number of carbonyl (C=O) groups excluding carboxylic acids is 2. The number of hydrogen-bond donors (Lipinski definition) is 0. The van der Waals surface area contributed by atoms with Gasteiger partial charge < -0.3 is 9.80 Å². The largest absolute Gasteiger partial charge is 0.332 e. The summed E-state index contributed by atoms with van der Waals surface area (Å²) in [7, 11) is 0. The maximum absolute atomic E-state index is 14.1. The number of carbonyl (C=O) groups is 2. The Morgan fingerprint density at radius 3 is 1.17 bits per heavy atom. The Balaban J connectivity index is 1.17. The van der Waals surface area contributed by atoms with Crippen molar-refractivity contribution in [3.63, 3.8) is 0 Å². The van der Waals surface area contributed by atoms with E-state index in [1.165, 1.54) is 77.0 Å². The first-order chi connectivity index (χ1) is 17.7. The predicted octanol–water partition coefficient (Wildman–Crippen LogP) is 6.23. The normalized spacial score (nSPS) is 39.7. The Labute approximate surface area is 216 Å². The zero-order valence-corrected chi connectivity index (χ0v) is 21.8. The summed E-state index contributed by atoms with van der Waals surface area (Å²) in [6, 6.07) is 3.47. The maximum Gasteiger partial charge on any atom is 0.255 e. The van der Waals surface area contributed by atoms with Crippen molar-refractivity contribution in [1.29, 1.82) is 0 Å². The van der Waals surface area contributed by atoms with Crippen LogP contribution in [-0.2, 0) is 0 Å². The van der Waals surface area contributed by atoms with Crippen molar-refractivity contribution >= 4 is 11.8 Å². The minimum Gasteiger partial charge on any atom is -0.332 e. The van der Waals surface area contributed by atoms with E-state index in [9.17, 15) is 9.59 Å². The number of likely N-dealkylation sites (tertiary alicyclic amines) is 2. The summed E-state index contributed by atoms with van der Waals surface area (Å²) in [6.07, 6.45) is 23.4. The van der Waals surface area contributed by atoms with Crippen molar-refractivity contribution in [2.45, 2.75) is 127 Å². The van der Waals surface area contributed by atoms with Crippen molar-refractivity contribution in [3.05, 3.63) is 29.6 Å². The Hall–Kier alpha value is -1.91. The number of rotatable bonds is 2. The van der Waals surface area contributed by atoms with Gasteiger partial charge in [-0.15, -0.1) is 0 Å². The van der Waals surface area contributed by atoms with Crippen LogP contribution in [0.3, 0.4) is 0 Å². The molecule has 4 saturated carbocycles. The fraction of sp³-hybridized carbons (Fsp3) is 0.774. The fourth-order valence-corrected chi connectivity index (χ4v) is 10.0. The number of nitrogens with zero attached hydrogens (tertiary/aromatic N) is 3. The van der Waals surface area contributed by atoms with Crippen molar-refractivity contribution in [2.24, 2.45) is 23.7 Å². The minimum absolute atomic E-state index is 0.135. The fourth-order valence-electron chi connectivity index (χ4n) is 10.0. The zero-order valence-electron chi connectivity index (χ0n) is 21.8. The van der Waals surface area contributed by atoms with Gasteiger partial charge >= 0.3 is 0 Å². The molecule has 1 aromatic rings. The Morgan fingerprint density at radius 2 is 0.833 bits per heavy atom. The van der Waals surface area contributed by atoms with E-state index in [-0.39, 0.29) is 11.8 Å². The highest BCUT2D eigenvalue weighted by molar-refractivity contribution is 6.00. The van der Waals surface area contributed by atoms with Crippen molar-refractivity contribution < 1.29 is 9.59 Å². The van der Waals surface area contributed by atoms with Gasteiger partial charge in [0.05, 0.1) is 11.1 Å². The summed E-state index contributed by atoms with van der Waals surface area (Å²) in [5.74, 6) is 3.00. The molecule has 36 heavy (non-hydrogen) atoms. The lowest BCUT2D eigenvalue weighted by molar-refractivity contribution is 0.0591. The van der Waals surface area contributed by atoms with Crippen LogP contribution in [-0.4, -0.2) is 50.8 Å². The van der Waals surface area contributed by atoms with Crippen molar-refractivity contribution in [2.75, 3.05) is 0 Å². The van der Waals surface area contributed by atoms with E-state index in [2.05, 4.69) is 14.8 Å². The molecule has 4 aliphatic carbocycles. The molecular formula is C31H43N3O2. The lowest BCUT2D eigenvalue weighted by Gasteiger charge is -2.35. The van der Waals surface area contributed by atoms with E-state index in [0.717, 1.165) is 25.7 Å². The first kappa shape index (κ1) is 23.2. The van der Waals surface area contributed by atoms with Crippen LogP contribution in [0.4, 0.5) is 0 Å². The summed E-state index contributed by atoms with van der Waals surface area (Å²) in [5, 5.41) is 0. The van der Waals surface area contributed by atoms with Crippen LogP contribution in [0.5, 0.6) is 0 Å². The van der Waals surface area contributed by atoms with Crippen molar-refractivity contribution in [1.82, 2.24) is 14.8 Å². The van der Waals surface area contributed by atoms with E-state index >= 15 is 0 Å². The van der Waals surface area contributed by atoms with Crippen LogP contribution in [0.1, 0.15) is 123 Å². The lowest BCUT2D eigenvalue weighted by Crippen LogP contribution is -2.45. The minimum atomic E-state index is 0.135. The summed E-state index contributed by atoms with van der Waals surface area (Å²) >= 11 is 0. The number of amides is 2. The van der Waals surface area contributed by atoms with E-state index in [4.69, 9.17) is 0 Å². The molecule has 6 fully saturated rings. The molecule has 7 rings (SSSR count). The number of hydrogen-bond acceptors (Lipinski definition) is 3. The van der Waals surface area contributed by atoms with Crippen LogP contribution in [0.25, 0.3) is 0 Å². The van der Waals surface area contributed by atoms with Gasteiger partial charge in [0, 0.05) is 36.6 Å². The first-order valence-electron chi connectivity index (χ1n) is 15.3. The van der Waals surface area contributed by atoms with E-state index in [1.807, 2.05) is 6.07 Å². The third-order valence-electron chi connectivity index (χ3n) is 11.4. The molecule has 0 aromatic carbocycles. The van der Waals surface area contributed by atoms with Gasteiger partial charge in [0.1, 0.15) is 0 Å². The highest BCUT2D eigenvalue weighted by Crippen LogP contribution is 2.51. The highest BCUT2D eigenvalue weighted by Gasteiger charge is 2.53.